The van der Waals surface area contributed by atoms with Crippen molar-refractivity contribution in [2.45, 2.75) is 32.9 Å². The minimum Gasteiger partial charge on any atom is -0.487 e. The number of hydrogen-bond donors (Lipinski definition) is 1. The molecular formula is C16H20N2O. The summed E-state index contributed by atoms with van der Waals surface area (Å²) in [7, 11) is 0. The lowest BCUT2D eigenvalue weighted by molar-refractivity contribution is 0.305. The van der Waals surface area contributed by atoms with Gasteiger partial charge in [0.2, 0.25) is 0 Å². The first-order valence-corrected chi connectivity index (χ1v) is 6.55. The van der Waals surface area contributed by atoms with Crippen molar-refractivity contribution < 1.29 is 4.74 Å². The lowest BCUT2D eigenvalue weighted by Gasteiger charge is -2.09. The number of nitrogens with zero attached hydrogens (tertiary/aromatic N) is 1. The number of aromatic nitrogens is 1. The van der Waals surface area contributed by atoms with Crippen LogP contribution in [0.2, 0.25) is 0 Å². The molecule has 0 bridgehead atoms. The normalized spacial score (nSPS) is 10.7. The van der Waals surface area contributed by atoms with Crippen molar-refractivity contribution in [1.29, 1.82) is 0 Å². The van der Waals surface area contributed by atoms with Crippen molar-refractivity contribution in [2.24, 2.45) is 5.73 Å². The Hall–Kier alpha value is -1.87. The third-order valence-corrected chi connectivity index (χ3v) is 3.06. The highest BCUT2D eigenvalue weighted by molar-refractivity contribution is 5.25. The Morgan fingerprint density at radius 1 is 1.11 bits per heavy atom. The maximum Gasteiger partial charge on any atom is 0.138 e. The molecule has 100 valence electrons. The molecule has 0 radical (unpaired) electrons. The molecule has 0 spiro atoms. The van der Waals surface area contributed by atoms with E-state index in [1.54, 1.807) is 6.20 Å². The molecule has 0 saturated carbocycles. The topological polar surface area (TPSA) is 48.1 Å². The van der Waals surface area contributed by atoms with Crippen LogP contribution in [0.1, 0.15) is 36.6 Å². The van der Waals surface area contributed by atoms with E-state index in [4.69, 9.17) is 10.5 Å². The smallest absolute Gasteiger partial charge is 0.138 e. The predicted molar refractivity (Wildman–Crippen MR) is 77.0 cm³/mol. The van der Waals surface area contributed by atoms with Gasteiger partial charge in [-0.1, -0.05) is 38.1 Å². The van der Waals surface area contributed by atoms with Gasteiger partial charge in [0.1, 0.15) is 12.4 Å². The van der Waals surface area contributed by atoms with Crippen LogP contribution in [0.25, 0.3) is 0 Å². The van der Waals surface area contributed by atoms with Gasteiger partial charge in [0.25, 0.3) is 0 Å². The van der Waals surface area contributed by atoms with E-state index in [1.165, 1.54) is 5.56 Å². The van der Waals surface area contributed by atoms with Crippen LogP contribution in [0.3, 0.4) is 0 Å². The molecule has 0 amide bonds. The summed E-state index contributed by atoms with van der Waals surface area (Å²) in [5.74, 6) is 1.33. The van der Waals surface area contributed by atoms with Gasteiger partial charge in [-0.3, -0.25) is 4.98 Å². The molecule has 3 nitrogen and oxygen atoms in total. The van der Waals surface area contributed by atoms with Gasteiger partial charge in [-0.05, 0) is 29.2 Å². The summed E-state index contributed by atoms with van der Waals surface area (Å²) in [5.41, 5.74) is 8.87. The standard InChI is InChI=1S/C16H20N2O/c1-12(2)14-5-3-13(4-6-14)11-19-16-8-7-15(9-17)18-10-16/h3-8,10,12H,9,11,17H2,1-2H3. The van der Waals surface area contributed by atoms with E-state index in [0.717, 1.165) is 17.0 Å². The van der Waals surface area contributed by atoms with Gasteiger partial charge in [-0.15, -0.1) is 0 Å². The van der Waals surface area contributed by atoms with Crippen LogP contribution >= 0.6 is 0 Å². The molecule has 0 atom stereocenters. The van der Waals surface area contributed by atoms with Gasteiger partial charge in [-0.2, -0.15) is 0 Å². The molecule has 1 aromatic heterocycles. The highest BCUT2D eigenvalue weighted by atomic mass is 16.5. The quantitative estimate of drug-likeness (QED) is 0.893. The Kier molecular flexibility index (Phi) is 4.53. The largest absolute Gasteiger partial charge is 0.487 e. The highest BCUT2D eigenvalue weighted by Crippen LogP contribution is 2.16. The van der Waals surface area contributed by atoms with Crippen LogP contribution in [-0.4, -0.2) is 4.98 Å². The Labute approximate surface area is 114 Å². The van der Waals surface area contributed by atoms with Crippen molar-refractivity contribution >= 4 is 0 Å². The SMILES string of the molecule is CC(C)c1ccc(COc2ccc(CN)nc2)cc1. The first-order valence-electron chi connectivity index (χ1n) is 6.55. The van der Waals surface area contributed by atoms with Crippen LogP contribution in [0.5, 0.6) is 5.75 Å². The zero-order valence-electron chi connectivity index (χ0n) is 11.5. The average molecular weight is 256 g/mol. The molecule has 3 heteroatoms. The Morgan fingerprint density at radius 3 is 2.37 bits per heavy atom. The molecule has 0 saturated heterocycles. The third-order valence-electron chi connectivity index (χ3n) is 3.06. The van der Waals surface area contributed by atoms with E-state index in [0.29, 0.717) is 19.1 Å². The van der Waals surface area contributed by atoms with Crippen LogP contribution in [-0.2, 0) is 13.2 Å². The zero-order chi connectivity index (χ0) is 13.7. The summed E-state index contributed by atoms with van der Waals surface area (Å²) in [6.07, 6.45) is 1.71. The number of pyridine rings is 1. The molecule has 0 aliphatic heterocycles. The van der Waals surface area contributed by atoms with Crippen molar-refractivity contribution in [3.8, 4) is 5.75 Å². The molecule has 2 rings (SSSR count). The minimum atomic E-state index is 0.455. The van der Waals surface area contributed by atoms with E-state index in [1.807, 2.05) is 12.1 Å². The van der Waals surface area contributed by atoms with E-state index in [-0.39, 0.29) is 0 Å². The minimum absolute atomic E-state index is 0.455. The molecule has 0 aliphatic rings. The summed E-state index contributed by atoms with van der Waals surface area (Å²) in [6, 6.07) is 12.3. The fourth-order valence-electron chi connectivity index (χ4n) is 1.78. The van der Waals surface area contributed by atoms with Crippen LogP contribution in [0, 0.1) is 0 Å². The fourth-order valence-corrected chi connectivity index (χ4v) is 1.78. The molecule has 2 N–H and O–H groups in total. The van der Waals surface area contributed by atoms with E-state index in [9.17, 15) is 0 Å². The molecule has 1 heterocycles. The summed E-state index contributed by atoms with van der Waals surface area (Å²) in [5, 5.41) is 0. The number of benzene rings is 1. The van der Waals surface area contributed by atoms with Crippen molar-refractivity contribution in [3.63, 3.8) is 0 Å². The van der Waals surface area contributed by atoms with E-state index < -0.39 is 0 Å². The van der Waals surface area contributed by atoms with Crippen molar-refractivity contribution in [2.75, 3.05) is 0 Å². The molecule has 2 aromatic rings. The number of rotatable bonds is 5. The lowest BCUT2D eigenvalue weighted by atomic mass is 10.0. The molecule has 0 unspecified atom stereocenters. The van der Waals surface area contributed by atoms with E-state index >= 15 is 0 Å². The second kappa shape index (κ2) is 6.34. The lowest BCUT2D eigenvalue weighted by Crippen LogP contribution is -2.00. The van der Waals surface area contributed by atoms with Crippen molar-refractivity contribution in [1.82, 2.24) is 4.98 Å². The Bertz CT molecular complexity index is 503. The molecular weight excluding hydrogens is 236 g/mol. The third kappa shape index (κ3) is 3.80. The first kappa shape index (κ1) is 13.6. The number of hydrogen-bond acceptors (Lipinski definition) is 3. The van der Waals surface area contributed by atoms with E-state index in [2.05, 4.69) is 43.1 Å². The van der Waals surface area contributed by atoms with Gasteiger partial charge in [0.15, 0.2) is 0 Å². The second-order valence-corrected chi connectivity index (χ2v) is 4.87. The first-order chi connectivity index (χ1) is 9.19. The van der Waals surface area contributed by atoms with Gasteiger partial charge >= 0.3 is 0 Å². The summed E-state index contributed by atoms with van der Waals surface area (Å²) < 4.78 is 5.69. The molecule has 0 fully saturated rings. The number of ether oxygens (including phenoxy) is 1. The van der Waals surface area contributed by atoms with Gasteiger partial charge in [0.05, 0.1) is 11.9 Å². The van der Waals surface area contributed by atoms with Crippen LogP contribution in [0.4, 0.5) is 0 Å². The van der Waals surface area contributed by atoms with Crippen LogP contribution < -0.4 is 10.5 Å². The molecule has 19 heavy (non-hydrogen) atoms. The Balaban J connectivity index is 1.94. The van der Waals surface area contributed by atoms with Gasteiger partial charge in [-0.25, -0.2) is 0 Å². The molecule has 0 aliphatic carbocycles. The zero-order valence-corrected chi connectivity index (χ0v) is 11.5. The average Bonchev–Trinajstić information content (AvgIpc) is 2.46. The van der Waals surface area contributed by atoms with Crippen molar-refractivity contribution in [3.05, 3.63) is 59.4 Å². The van der Waals surface area contributed by atoms with Gasteiger partial charge in [0, 0.05) is 6.54 Å². The maximum atomic E-state index is 5.69. The summed E-state index contributed by atoms with van der Waals surface area (Å²) in [6.45, 7) is 5.39. The second-order valence-electron chi connectivity index (χ2n) is 4.87. The monoisotopic (exact) mass is 256 g/mol. The molecule has 1 aromatic carbocycles. The predicted octanol–water partition coefficient (Wildman–Crippen LogP) is 3.24. The number of nitrogens with two attached hydrogens (primary N) is 1. The summed E-state index contributed by atoms with van der Waals surface area (Å²) >= 11 is 0. The summed E-state index contributed by atoms with van der Waals surface area (Å²) in [4.78, 5) is 4.20. The van der Waals surface area contributed by atoms with Crippen LogP contribution in [0.15, 0.2) is 42.6 Å². The Morgan fingerprint density at radius 2 is 1.84 bits per heavy atom. The highest BCUT2D eigenvalue weighted by Gasteiger charge is 2.00. The van der Waals surface area contributed by atoms with Gasteiger partial charge < -0.3 is 10.5 Å². The fraction of sp³-hybridized carbons (Fsp3) is 0.312. The maximum absolute atomic E-state index is 5.69.